The molecule has 0 aliphatic rings. The van der Waals surface area contributed by atoms with Gasteiger partial charge in [-0.15, -0.1) is 0 Å². The van der Waals surface area contributed by atoms with E-state index in [2.05, 4.69) is 27.2 Å². The van der Waals surface area contributed by atoms with E-state index in [4.69, 9.17) is 5.73 Å². The smallest absolute Gasteiger partial charge is 0.115 e. The van der Waals surface area contributed by atoms with E-state index in [-0.39, 0.29) is 5.92 Å². The second-order valence-electron chi connectivity index (χ2n) is 5.18. The number of imidazole rings is 1. The molecule has 3 rings (SSSR count). The number of H-pyrrole nitrogens is 1. The Hall–Kier alpha value is -2.40. The number of aromatic nitrogens is 4. The van der Waals surface area contributed by atoms with Crippen molar-refractivity contribution >= 4 is 0 Å². The van der Waals surface area contributed by atoms with Crippen molar-refractivity contribution in [2.24, 2.45) is 12.8 Å². The lowest BCUT2D eigenvalue weighted by Gasteiger charge is -2.12. The number of hydrogen-bond donors (Lipinski definition) is 2. The van der Waals surface area contributed by atoms with Gasteiger partial charge in [0.15, 0.2) is 0 Å². The first-order chi connectivity index (χ1) is 10.2. The van der Waals surface area contributed by atoms with E-state index in [1.54, 1.807) is 0 Å². The zero-order chi connectivity index (χ0) is 14.8. The van der Waals surface area contributed by atoms with Gasteiger partial charge in [-0.3, -0.25) is 4.68 Å². The highest BCUT2D eigenvalue weighted by atomic mass is 15.2. The van der Waals surface area contributed by atoms with Gasteiger partial charge in [-0.2, -0.15) is 5.10 Å². The number of benzene rings is 1. The van der Waals surface area contributed by atoms with Crippen LogP contribution in [0.5, 0.6) is 0 Å². The molecule has 3 aromatic rings. The van der Waals surface area contributed by atoms with E-state index in [1.165, 1.54) is 5.56 Å². The van der Waals surface area contributed by atoms with Crippen molar-refractivity contribution in [3.8, 4) is 11.3 Å². The number of nitrogens with one attached hydrogen (secondary N) is 1. The summed E-state index contributed by atoms with van der Waals surface area (Å²) in [5, 5.41) is 4.36. The van der Waals surface area contributed by atoms with Crippen molar-refractivity contribution < 1.29 is 0 Å². The Kier molecular flexibility index (Phi) is 3.58. The lowest BCUT2D eigenvalue weighted by molar-refractivity contribution is 0.756. The van der Waals surface area contributed by atoms with Crippen LogP contribution in [0.25, 0.3) is 11.3 Å². The minimum atomic E-state index is 0.0805. The molecule has 2 heterocycles. The van der Waals surface area contributed by atoms with Crippen LogP contribution in [0.3, 0.4) is 0 Å². The third-order valence-corrected chi connectivity index (χ3v) is 3.67. The SMILES string of the molecule is Cc1nn(C)cc1-c1cnc(C(CN)c2ccccc2)[nH]1. The second kappa shape index (κ2) is 5.54. The number of nitrogens with two attached hydrogens (primary N) is 1. The Morgan fingerprint density at radius 2 is 2.05 bits per heavy atom. The quantitative estimate of drug-likeness (QED) is 0.770. The van der Waals surface area contributed by atoms with Crippen LogP contribution in [-0.2, 0) is 7.05 Å². The molecule has 0 aliphatic carbocycles. The number of hydrogen-bond acceptors (Lipinski definition) is 3. The van der Waals surface area contributed by atoms with Crippen LogP contribution < -0.4 is 5.73 Å². The Morgan fingerprint density at radius 1 is 1.29 bits per heavy atom. The summed E-state index contributed by atoms with van der Waals surface area (Å²) in [7, 11) is 1.92. The van der Waals surface area contributed by atoms with Gasteiger partial charge in [0.1, 0.15) is 5.82 Å². The summed E-state index contributed by atoms with van der Waals surface area (Å²) in [6, 6.07) is 10.2. The van der Waals surface area contributed by atoms with Gasteiger partial charge >= 0.3 is 0 Å². The predicted octanol–water partition coefficient (Wildman–Crippen LogP) is 2.21. The molecule has 0 fully saturated rings. The first-order valence-corrected chi connectivity index (χ1v) is 6.99. The highest BCUT2D eigenvalue weighted by Crippen LogP contribution is 2.25. The van der Waals surface area contributed by atoms with Gasteiger partial charge in [0.25, 0.3) is 0 Å². The predicted molar refractivity (Wildman–Crippen MR) is 82.9 cm³/mol. The summed E-state index contributed by atoms with van der Waals surface area (Å²) in [4.78, 5) is 7.91. The minimum Gasteiger partial charge on any atom is -0.341 e. The molecule has 5 heteroatoms. The summed E-state index contributed by atoms with van der Waals surface area (Å²) < 4.78 is 1.81. The third kappa shape index (κ3) is 2.60. The lowest BCUT2D eigenvalue weighted by atomic mass is 9.99. The van der Waals surface area contributed by atoms with Crippen LogP contribution in [0.4, 0.5) is 0 Å². The minimum absolute atomic E-state index is 0.0805. The van der Waals surface area contributed by atoms with Crippen molar-refractivity contribution in [1.82, 2.24) is 19.7 Å². The van der Waals surface area contributed by atoms with Gasteiger partial charge in [-0.05, 0) is 12.5 Å². The number of nitrogens with zero attached hydrogens (tertiary/aromatic N) is 3. The largest absolute Gasteiger partial charge is 0.341 e. The molecule has 5 nitrogen and oxygen atoms in total. The normalized spacial score (nSPS) is 12.5. The molecule has 1 unspecified atom stereocenters. The fourth-order valence-corrected chi connectivity index (χ4v) is 2.61. The lowest BCUT2D eigenvalue weighted by Crippen LogP contribution is -2.15. The van der Waals surface area contributed by atoms with Gasteiger partial charge in [0.2, 0.25) is 0 Å². The van der Waals surface area contributed by atoms with E-state index < -0.39 is 0 Å². The van der Waals surface area contributed by atoms with E-state index in [0.29, 0.717) is 6.54 Å². The zero-order valence-electron chi connectivity index (χ0n) is 12.2. The standard InChI is InChI=1S/C16H19N5/c1-11-14(10-21(2)20-11)15-9-18-16(19-15)13(8-17)12-6-4-3-5-7-12/h3-7,9-10,13H,8,17H2,1-2H3,(H,18,19). The molecule has 108 valence electrons. The number of aromatic amines is 1. The molecule has 2 aromatic heterocycles. The fraction of sp³-hybridized carbons (Fsp3) is 0.250. The number of aryl methyl sites for hydroxylation is 2. The van der Waals surface area contributed by atoms with Crippen molar-refractivity contribution in [1.29, 1.82) is 0 Å². The Bertz CT molecular complexity index is 726. The van der Waals surface area contributed by atoms with E-state index in [0.717, 1.165) is 22.8 Å². The molecular weight excluding hydrogens is 262 g/mol. The third-order valence-electron chi connectivity index (χ3n) is 3.67. The van der Waals surface area contributed by atoms with Gasteiger partial charge in [-0.1, -0.05) is 30.3 Å². The molecule has 3 N–H and O–H groups in total. The second-order valence-corrected chi connectivity index (χ2v) is 5.18. The van der Waals surface area contributed by atoms with Gasteiger partial charge in [0.05, 0.1) is 23.5 Å². The van der Waals surface area contributed by atoms with Crippen LogP contribution in [-0.4, -0.2) is 26.3 Å². The fourth-order valence-electron chi connectivity index (χ4n) is 2.61. The molecule has 0 aliphatic heterocycles. The average molecular weight is 281 g/mol. The molecule has 21 heavy (non-hydrogen) atoms. The van der Waals surface area contributed by atoms with Crippen LogP contribution in [0.1, 0.15) is 23.0 Å². The summed E-state index contributed by atoms with van der Waals surface area (Å²) in [5.41, 5.74) is 10.1. The molecule has 0 spiro atoms. The Morgan fingerprint density at radius 3 is 2.67 bits per heavy atom. The highest BCUT2D eigenvalue weighted by molar-refractivity contribution is 5.60. The summed E-state index contributed by atoms with van der Waals surface area (Å²) in [5.74, 6) is 0.971. The van der Waals surface area contributed by atoms with E-state index in [1.807, 2.05) is 49.2 Å². The number of rotatable bonds is 4. The Balaban J connectivity index is 1.95. The first-order valence-electron chi connectivity index (χ1n) is 6.99. The van der Waals surface area contributed by atoms with Crippen molar-refractivity contribution in [2.45, 2.75) is 12.8 Å². The molecule has 0 amide bonds. The van der Waals surface area contributed by atoms with Crippen molar-refractivity contribution in [3.63, 3.8) is 0 Å². The molecule has 1 atom stereocenters. The maximum Gasteiger partial charge on any atom is 0.115 e. The van der Waals surface area contributed by atoms with Gasteiger partial charge in [-0.25, -0.2) is 4.98 Å². The average Bonchev–Trinajstić information content (AvgIpc) is 3.08. The van der Waals surface area contributed by atoms with Gasteiger partial charge < -0.3 is 10.7 Å². The first kappa shape index (κ1) is 13.6. The Labute approximate surface area is 123 Å². The summed E-state index contributed by atoms with van der Waals surface area (Å²) in [6.07, 6.45) is 3.84. The monoisotopic (exact) mass is 281 g/mol. The highest BCUT2D eigenvalue weighted by Gasteiger charge is 2.17. The molecule has 0 saturated carbocycles. The van der Waals surface area contributed by atoms with E-state index >= 15 is 0 Å². The van der Waals surface area contributed by atoms with Crippen LogP contribution in [0.15, 0.2) is 42.7 Å². The van der Waals surface area contributed by atoms with Crippen molar-refractivity contribution in [3.05, 3.63) is 59.8 Å². The summed E-state index contributed by atoms with van der Waals surface area (Å²) >= 11 is 0. The van der Waals surface area contributed by atoms with E-state index in [9.17, 15) is 0 Å². The van der Waals surface area contributed by atoms with Crippen LogP contribution >= 0.6 is 0 Å². The molecule has 1 aromatic carbocycles. The topological polar surface area (TPSA) is 72.5 Å². The maximum atomic E-state index is 5.94. The van der Waals surface area contributed by atoms with Gasteiger partial charge in [0, 0.05) is 25.4 Å². The molecular formula is C16H19N5. The molecule has 0 bridgehead atoms. The molecule has 0 radical (unpaired) electrons. The van der Waals surface area contributed by atoms with Crippen molar-refractivity contribution in [2.75, 3.05) is 6.54 Å². The maximum absolute atomic E-state index is 5.94. The summed E-state index contributed by atoms with van der Waals surface area (Å²) in [6.45, 7) is 2.51. The van der Waals surface area contributed by atoms with Crippen LogP contribution in [0.2, 0.25) is 0 Å². The molecule has 0 saturated heterocycles. The zero-order valence-corrected chi connectivity index (χ0v) is 12.2. The van der Waals surface area contributed by atoms with Crippen LogP contribution in [0, 0.1) is 6.92 Å².